The van der Waals surface area contributed by atoms with Gasteiger partial charge in [0.25, 0.3) is 0 Å². The van der Waals surface area contributed by atoms with E-state index in [4.69, 9.17) is 10.5 Å². The molecular weight excluding hydrogens is 275 g/mol. The van der Waals surface area contributed by atoms with Crippen LogP contribution in [0.1, 0.15) is 17.4 Å². The number of carbonyl (C=O) groups is 1. The molecule has 1 aromatic carbocycles. The van der Waals surface area contributed by atoms with Crippen LogP contribution >= 0.6 is 0 Å². The minimum Gasteiger partial charge on any atom is -0.461 e. The highest BCUT2D eigenvalue weighted by Crippen LogP contribution is 2.21. The fourth-order valence-electron chi connectivity index (χ4n) is 1.60. The van der Waals surface area contributed by atoms with Gasteiger partial charge < -0.3 is 10.5 Å². The molecule has 2 aromatic rings. The zero-order valence-electron chi connectivity index (χ0n) is 10.4. The van der Waals surface area contributed by atoms with E-state index in [2.05, 4.69) is 4.98 Å². The van der Waals surface area contributed by atoms with Crippen molar-refractivity contribution in [2.24, 2.45) is 0 Å². The number of halogens is 3. The van der Waals surface area contributed by atoms with Gasteiger partial charge in [-0.2, -0.15) is 0 Å². The predicted molar refractivity (Wildman–Crippen MR) is 63.8 cm³/mol. The number of aromatic nitrogens is 2. The van der Waals surface area contributed by atoms with E-state index in [0.29, 0.717) is 0 Å². The predicted octanol–water partition coefficient (Wildman–Crippen LogP) is 2.05. The van der Waals surface area contributed by atoms with Gasteiger partial charge in [0.2, 0.25) is 0 Å². The fourth-order valence-corrected chi connectivity index (χ4v) is 1.60. The summed E-state index contributed by atoms with van der Waals surface area (Å²) >= 11 is 0. The number of imidazole rings is 1. The van der Waals surface area contributed by atoms with Gasteiger partial charge in [0.1, 0.15) is 12.1 Å². The van der Waals surface area contributed by atoms with Crippen LogP contribution in [-0.4, -0.2) is 22.1 Å². The number of ether oxygens (including phenoxy) is 1. The summed E-state index contributed by atoms with van der Waals surface area (Å²) in [5.41, 5.74) is 5.39. The van der Waals surface area contributed by atoms with Crippen LogP contribution in [0.4, 0.5) is 19.0 Å². The van der Waals surface area contributed by atoms with Crippen molar-refractivity contribution in [1.82, 2.24) is 9.55 Å². The number of benzene rings is 1. The Bertz CT molecular complexity index is 647. The van der Waals surface area contributed by atoms with Crippen LogP contribution < -0.4 is 5.73 Å². The normalized spacial score (nSPS) is 10.6. The average Bonchev–Trinajstić information content (AvgIpc) is 2.77. The summed E-state index contributed by atoms with van der Waals surface area (Å²) in [5, 5.41) is 0. The number of nitrogens with zero attached hydrogens (tertiary/aromatic N) is 2. The van der Waals surface area contributed by atoms with E-state index in [1.807, 2.05) is 0 Å². The third kappa shape index (κ3) is 2.31. The summed E-state index contributed by atoms with van der Waals surface area (Å²) in [7, 11) is 0. The number of carbonyl (C=O) groups excluding carboxylic acids is 1. The van der Waals surface area contributed by atoms with Crippen molar-refractivity contribution in [2.45, 2.75) is 6.92 Å². The SMILES string of the molecule is CCOC(=O)c1ncn(-c2cc(F)c(F)c(F)c2)c1N. The maximum Gasteiger partial charge on any atom is 0.360 e. The maximum atomic E-state index is 13.2. The lowest BCUT2D eigenvalue weighted by molar-refractivity contribution is 0.0521. The van der Waals surface area contributed by atoms with Crippen molar-refractivity contribution < 1.29 is 22.7 Å². The molecule has 0 bridgehead atoms. The Kier molecular flexibility index (Phi) is 3.64. The molecule has 0 aliphatic carbocycles. The molecule has 0 spiro atoms. The second kappa shape index (κ2) is 5.24. The minimum absolute atomic E-state index is 0.0954. The van der Waals surface area contributed by atoms with E-state index in [9.17, 15) is 18.0 Å². The molecule has 20 heavy (non-hydrogen) atoms. The molecule has 0 aliphatic rings. The second-order valence-electron chi connectivity index (χ2n) is 3.79. The highest BCUT2D eigenvalue weighted by Gasteiger charge is 2.19. The van der Waals surface area contributed by atoms with Gasteiger partial charge in [0.15, 0.2) is 23.1 Å². The van der Waals surface area contributed by atoms with Crippen LogP contribution in [-0.2, 0) is 4.74 Å². The molecule has 0 amide bonds. The van der Waals surface area contributed by atoms with Crippen molar-refractivity contribution in [2.75, 3.05) is 12.3 Å². The quantitative estimate of drug-likeness (QED) is 0.692. The van der Waals surface area contributed by atoms with E-state index in [1.165, 1.54) is 0 Å². The number of nitrogen functional groups attached to an aromatic ring is 1. The highest BCUT2D eigenvalue weighted by molar-refractivity contribution is 5.92. The molecular formula is C12H10F3N3O2. The van der Waals surface area contributed by atoms with E-state index < -0.39 is 23.4 Å². The molecule has 8 heteroatoms. The number of esters is 1. The zero-order chi connectivity index (χ0) is 14.9. The van der Waals surface area contributed by atoms with Crippen LogP contribution in [0.15, 0.2) is 18.5 Å². The highest BCUT2D eigenvalue weighted by atomic mass is 19.2. The summed E-state index contributed by atoms with van der Waals surface area (Å²) in [6, 6.07) is 1.48. The molecule has 0 radical (unpaired) electrons. The monoisotopic (exact) mass is 285 g/mol. The van der Waals surface area contributed by atoms with Gasteiger partial charge >= 0.3 is 5.97 Å². The molecule has 0 saturated carbocycles. The smallest absolute Gasteiger partial charge is 0.360 e. The fraction of sp³-hybridized carbons (Fsp3) is 0.167. The number of hydrogen-bond acceptors (Lipinski definition) is 4. The summed E-state index contributed by atoms with van der Waals surface area (Å²) in [5.74, 6) is -5.24. The van der Waals surface area contributed by atoms with Gasteiger partial charge in [0.05, 0.1) is 12.3 Å². The lowest BCUT2D eigenvalue weighted by atomic mass is 10.3. The molecule has 1 heterocycles. The van der Waals surface area contributed by atoms with Gasteiger partial charge in [-0.25, -0.2) is 22.9 Å². The van der Waals surface area contributed by atoms with Crippen LogP contribution in [0.25, 0.3) is 5.69 Å². The topological polar surface area (TPSA) is 70.1 Å². The Morgan fingerprint density at radius 2 is 1.95 bits per heavy atom. The van der Waals surface area contributed by atoms with Crippen LogP contribution in [0, 0.1) is 17.5 Å². The lowest BCUT2D eigenvalue weighted by Crippen LogP contribution is -2.09. The molecule has 0 aliphatic heterocycles. The molecule has 1 aromatic heterocycles. The maximum absolute atomic E-state index is 13.2. The van der Waals surface area contributed by atoms with Gasteiger partial charge in [0, 0.05) is 12.1 Å². The first-order valence-electron chi connectivity index (χ1n) is 5.60. The molecule has 5 nitrogen and oxygen atoms in total. The van der Waals surface area contributed by atoms with Crippen molar-refractivity contribution in [3.8, 4) is 5.69 Å². The Labute approximate surface area is 111 Å². The van der Waals surface area contributed by atoms with Crippen molar-refractivity contribution >= 4 is 11.8 Å². The molecule has 0 unspecified atom stereocenters. The number of rotatable bonds is 3. The zero-order valence-corrected chi connectivity index (χ0v) is 10.4. The van der Waals surface area contributed by atoms with E-state index in [-0.39, 0.29) is 23.8 Å². The number of anilines is 1. The summed E-state index contributed by atoms with van der Waals surface area (Å²) < 4.78 is 45.0. The first kappa shape index (κ1) is 13.9. The Morgan fingerprint density at radius 1 is 1.35 bits per heavy atom. The molecule has 0 atom stereocenters. The number of nitrogens with two attached hydrogens (primary N) is 1. The largest absolute Gasteiger partial charge is 0.461 e. The molecule has 2 rings (SSSR count). The summed E-state index contributed by atoms with van der Waals surface area (Å²) in [4.78, 5) is 15.2. The van der Waals surface area contributed by atoms with Gasteiger partial charge in [-0.1, -0.05) is 0 Å². The molecule has 0 saturated heterocycles. The summed E-state index contributed by atoms with van der Waals surface area (Å²) in [6.07, 6.45) is 1.09. The second-order valence-corrected chi connectivity index (χ2v) is 3.79. The molecule has 2 N–H and O–H groups in total. The standard InChI is InChI=1S/C12H10F3N3O2/c1-2-20-12(19)10-11(16)18(5-17-10)6-3-7(13)9(15)8(14)4-6/h3-5H,2,16H2,1H3. The Hall–Kier alpha value is -2.51. The van der Waals surface area contributed by atoms with Crippen molar-refractivity contribution in [3.05, 3.63) is 41.6 Å². The van der Waals surface area contributed by atoms with Crippen LogP contribution in [0.2, 0.25) is 0 Å². The molecule has 0 fully saturated rings. The Morgan fingerprint density at radius 3 is 2.50 bits per heavy atom. The first-order valence-corrected chi connectivity index (χ1v) is 5.60. The van der Waals surface area contributed by atoms with Gasteiger partial charge in [-0.15, -0.1) is 0 Å². The van der Waals surface area contributed by atoms with Crippen molar-refractivity contribution in [3.63, 3.8) is 0 Å². The first-order chi connectivity index (χ1) is 9.45. The van der Waals surface area contributed by atoms with E-state index in [1.54, 1.807) is 6.92 Å². The average molecular weight is 285 g/mol. The number of hydrogen-bond donors (Lipinski definition) is 1. The third-order valence-electron chi connectivity index (χ3n) is 2.52. The van der Waals surface area contributed by atoms with E-state index in [0.717, 1.165) is 23.0 Å². The Balaban J connectivity index is 2.47. The van der Waals surface area contributed by atoms with E-state index >= 15 is 0 Å². The van der Waals surface area contributed by atoms with Gasteiger partial charge in [-0.05, 0) is 6.92 Å². The van der Waals surface area contributed by atoms with Crippen LogP contribution in [0.3, 0.4) is 0 Å². The lowest BCUT2D eigenvalue weighted by Gasteiger charge is -2.07. The molecule has 106 valence electrons. The van der Waals surface area contributed by atoms with Crippen molar-refractivity contribution in [1.29, 1.82) is 0 Å². The minimum atomic E-state index is -1.59. The van der Waals surface area contributed by atoms with Gasteiger partial charge in [-0.3, -0.25) is 4.57 Å². The summed E-state index contributed by atoms with van der Waals surface area (Å²) in [6.45, 7) is 1.74. The van der Waals surface area contributed by atoms with Crippen LogP contribution in [0.5, 0.6) is 0 Å². The third-order valence-corrected chi connectivity index (χ3v) is 2.52.